The van der Waals surface area contributed by atoms with Gasteiger partial charge in [0.05, 0.1) is 52.4 Å². The number of nitrogens with one attached hydrogen (secondary N) is 4. The fraction of sp³-hybridized carbons (Fsp3) is 0.167. The van der Waals surface area contributed by atoms with E-state index in [4.69, 9.17) is 11.6 Å². The normalized spacial score (nSPS) is 15.1. The minimum absolute atomic E-state index is 0.249. The Bertz CT molecular complexity index is 1360. The molecule has 0 radical (unpaired) electrons. The van der Waals surface area contributed by atoms with Crippen LogP contribution in [0.25, 0.3) is 5.69 Å². The van der Waals surface area contributed by atoms with Gasteiger partial charge in [-0.2, -0.15) is 10.2 Å². The molecule has 0 bridgehead atoms. The molecule has 10 nitrogen and oxygen atoms in total. The van der Waals surface area contributed by atoms with Gasteiger partial charge >= 0.3 is 6.03 Å². The number of halogens is 1. The van der Waals surface area contributed by atoms with E-state index < -0.39 is 6.03 Å². The summed E-state index contributed by atoms with van der Waals surface area (Å²) >= 11 is 6.08. The van der Waals surface area contributed by atoms with E-state index in [-0.39, 0.29) is 5.91 Å². The predicted octanol–water partition coefficient (Wildman–Crippen LogP) is 4.15. The van der Waals surface area contributed by atoms with Crippen LogP contribution in [-0.2, 0) is 0 Å². The molecule has 4 N–H and O–H groups in total. The van der Waals surface area contributed by atoms with Crippen LogP contribution < -0.4 is 21.3 Å². The Kier molecular flexibility index (Phi) is 6.47. The number of anilines is 3. The third-order valence-electron chi connectivity index (χ3n) is 5.60. The molecule has 11 heteroatoms. The average molecular weight is 491 g/mol. The Hall–Kier alpha value is -4.15. The van der Waals surface area contributed by atoms with Gasteiger partial charge in [-0.15, -0.1) is 0 Å². The predicted molar refractivity (Wildman–Crippen MR) is 134 cm³/mol. The summed E-state index contributed by atoms with van der Waals surface area (Å²) in [6, 6.07) is 13.9. The number of hydrogen-bond acceptors (Lipinski definition) is 5. The van der Waals surface area contributed by atoms with Gasteiger partial charge < -0.3 is 21.3 Å². The maximum atomic E-state index is 12.8. The van der Waals surface area contributed by atoms with Crippen LogP contribution in [0.5, 0.6) is 0 Å². The molecular formula is C24H23ClN8O2. The highest BCUT2D eigenvalue weighted by atomic mass is 35.5. The lowest BCUT2D eigenvalue weighted by Crippen LogP contribution is -2.19. The standard InChI is InChI=1S/C24H23ClN8O2/c25-21-6-1-2-7-22(21)31-24(35)30-18-12-27-32(15-18)19-5-3-4-16(10-19)23(34)29-17-11-28-33(14-17)20-8-9-26-13-20/h1-7,10-12,14-15,20,26H,8-9,13H2,(H,29,34)(H2,30,31,35)/t20-/m0/s1. The number of hydrogen-bond donors (Lipinski definition) is 4. The van der Waals surface area contributed by atoms with Crippen molar-refractivity contribution in [1.82, 2.24) is 24.9 Å². The molecule has 2 aromatic carbocycles. The van der Waals surface area contributed by atoms with Gasteiger partial charge in [0.15, 0.2) is 0 Å². The second-order valence-corrected chi connectivity index (χ2v) is 8.50. The lowest BCUT2D eigenvalue weighted by Gasteiger charge is -2.08. The molecule has 1 fully saturated rings. The first-order valence-corrected chi connectivity index (χ1v) is 11.5. The van der Waals surface area contributed by atoms with Crippen molar-refractivity contribution in [2.24, 2.45) is 0 Å². The summed E-state index contributed by atoms with van der Waals surface area (Å²) < 4.78 is 3.46. The lowest BCUT2D eigenvalue weighted by atomic mass is 10.2. The Labute approximate surface area is 206 Å². The second-order valence-electron chi connectivity index (χ2n) is 8.09. The van der Waals surface area contributed by atoms with Crippen molar-refractivity contribution in [2.45, 2.75) is 12.5 Å². The maximum absolute atomic E-state index is 12.8. The highest BCUT2D eigenvalue weighted by Crippen LogP contribution is 2.21. The molecule has 0 aliphatic carbocycles. The molecule has 3 amide bonds. The molecule has 4 aromatic rings. The number of benzene rings is 2. The minimum Gasteiger partial charge on any atom is -0.319 e. The molecule has 178 valence electrons. The molecule has 0 spiro atoms. The van der Waals surface area contributed by atoms with E-state index in [1.165, 1.54) is 6.20 Å². The van der Waals surface area contributed by atoms with E-state index in [1.54, 1.807) is 59.5 Å². The summed E-state index contributed by atoms with van der Waals surface area (Å²) in [7, 11) is 0. The second kappa shape index (κ2) is 10.00. The number of para-hydroxylation sites is 1. The van der Waals surface area contributed by atoms with E-state index in [1.807, 2.05) is 16.9 Å². The molecular weight excluding hydrogens is 468 g/mol. The van der Waals surface area contributed by atoms with Crippen LogP contribution in [0.4, 0.5) is 21.9 Å². The van der Waals surface area contributed by atoms with Gasteiger partial charge in [0.1, 0.15) is 0 Å². The first kappa shape index (κ1) is 22.6. The molecule has 35 heavy (non-hydrogen) atoms. The summed E-state index contributed by atoms with van der Waals surface area (Å²) in [5.41, 5.74) is 2.77. The number of urea groups is 1. The number of amides is 3. The summed E-state index contributed by atoms with van der Waals surface area (Å²) in [5.74, 6) is -0.249. The SMILES string of the molecule is O=C(Nc1cnn(-c2cccc(C(=O)Nc3cnn([C@H]4CCNC4)c3)c2)c1)Nc1ccccc1Cl. The van der Waals surface area contributed by atoms with Gasteiger partial charge in [0.2, 0.25) is 0 Å². The van der Waals surface area contributed by atoms with Crippen LogP contribution in [-0.4, -0.2) is 44.6 Å². The van der Waals surface area contributed by atoms with Crippen molar-refractivity contribution in [3.63, 3.8) is 0 Å². The maximum Gasteiger partial charge on any atom is 0.323 e. The third kappa shape index (κ3) is 5.34. The summed E-state index contributed by atoms with van der Waals surface area (Å²) in [6.45, 7) is 1.84. The third-order valence-corrected chi connectivity index (χ3v) is 5.93. The van der Waals surface area contributed by atoms with Crippen molar-refractivity contribution in [1.29, 1.82) is 0 Å². The van der Waals surface area contributed by atoms with Gasteiger partial charge in [0, 0.05) is 18.3 Å². The molecule has 1 aliphatic heterocycles. The number of nitrogens with zero attached hydrogens (tertiary/aromatic N) is 4. The monoisotopic (exact) mass is 490 g/mol. The first-order chi connectivity index (χ1) is 17.0. The van der Waals surface area contributed by atoms with Crippen LogP contribution in [0, 0.1) is 0 Å². The van der Waals surface area contributed by atoms with Gasteiger partial charge in [-0.05, 0) is 43.3 Å². The number of aromatic nitrogens is 4. The Morgan fingerprint density at radius 2 is 1.80 bits per heavy atom. The Morgan fingerprint density at radius 3 is 2.63 bits per heavy atom. The van der Waals surface area contributed by atoms with Crippen molar-refractivity contribution in [3.8, 4) is 5.69 Å². The van der Waals surface area contributed by atoms with Crippen molar-refractivity contribution in [2.75, 3.05) is 29.0 Å². The molecule has 1 atom stereocenters. The van der Waals surface area contributed by atoms with E-state index in [9.17, 15) is 9.59 Å². The molecule has 5 rings (SSSR count). The van der Waals surface area contributed by atoms with E-state index in [2.05, 4.69) is 31.5 Å². The number of rotatable bonds is 6. The van der Waals surface area contributed by atoms with Crippen molar-refractivity contribution >= 4 is 40.6 Å². The molecule has 2 aromatic heterocycles. The zero-order chi connectivity index (χ0) is 24.2. The van der Waals surface area contributed by atoms with Gasteiger partial charge in [-0.25, -0.2) is 9.48 Å². The molecule has 1 aliphatic rings. The summed E-state index contributed by atoms with van der Waals surface area (Å²) in [5, 5.41) is 20.7. The summed E-state index contributed by atoms with van der Waals surface area (Å²) in [4.78, 5) is 25.1. The quantitative estimate of drug-likeness (QED) is 0.324. The minimum atomic E-state index is -0.445. The highest BCUT2D eigenvalue weighted by molar-refractivity contribution is 6.33. The van der Waals surface area contributed by atoms with Gasteiger partial charge in [0.25, 0.3) is 5.91 Å². The average Bonchev–Trinajstić information content (AvgIpc) is 3.63. The van der Waals surface area contributed by atoms with Crippen LogP contribution in [0.3, 0.4) is 0 Å². The van der Waals surface area contributed by atoms with Crippen LogP contribution in [0.15, 0.2) is 73.3 Å². The smallest absolute Gasteiger partial charge is 0.319 e. The zero-order valence-corrected chi connectivity index (χ0v) is 19.4. The highest BCUT2D eigenvalue weighted by Gasteiger charge is 2.18. The van der Waals surface area contributed by atoms with Crippen LogP contribution >= 0.6 is 11.6 Å². The van der Waals surface area contributed by atoms with Crippen molar-refractivity contribution in [3.05, 3.63) is 83.9 Å². The largest absolute Gasteiger partial charge is 0.323 e. The summed E-state index contributed by atoms with van der Waals surface area (Å²) in [6.07, 6.45) is 7.69. The van der Waals surface area contributed by atoms with Crippen LogP contribution in [0.1, 0.15) is 22.8 Å². The number of carbonyl (C=O) groups is 2. The fourth-order valence-corrected chi connectivity index (χ4v) is 4.02. The van der Waals surface area contributed by atoms with E-state index >= 15 is 0 Å². The van der Waals surface area contributed by atoms with E-state index in [0.29, 0.717) is 39.4 Å². The number of carbonyl (C=O) groups excluding carboxylic acids is 2. The van der Waals surface area contributed by atoms with Crippen LogP contribution in [0.2, 0.25) is 5.02 Å². The lowest BCUT2D eigenvalue weighted by molar-refractivity contribution is 0.102. The molecule has 1 saturated heterocycles. The first-order valence-electron chi connectivity index (χ1n) is 11.1. The van der Waals surface area contributed by atoms with Gasteiger partial charge in [-0.1, -0.05) is 29.8 Å². The molecule has 3 heterocycles. The van der Waals surface area contributed by atoms with E-state index in [0.717, 1.165) is 19.5 Å². The topological polar surface area (TPSA) is 118 Å². The fourth-order valence-electron chi connectivity index (χ4n) is 3.84. The Balaban J connectivity index is 1.23. The van der Waals surface area contributed by atoms with Gasteiger partial charge in [-0.3, -0.25) is 9.48 Å². The van der Waals surface area contributed by atoms with Crippen molar-refractivity contribution < 1.29 is 9.59 Å². The molecule has 0 unspecified atom stereocenters. The molecule has 0 saturated carbocycles. The Morgan fingerprint density at radius 1 is 0.971 bits per heavy atom. The zero-order valence-electron chi connectivity index (χ0n) is 18.6.